The van der Waals surface area contributed by atoms with E-state index >= 15 is 0 Å². The third-order valence-corrected chi connectivity index (χ3v) is 16.4. The van der Waals surface area contributed by atoms with Crippen LogP contribution in [0, 0.1) is 0 Å². The van der Waals surface area contributed by atoms with Crippen LogP contribution in [0.2, 0.25) is 0 Å². The monoisotopic (exact) mass is 1110 g/mol. The number of ether oxygens (including phenoxy) is 1. The van der Waals surface area contributed by atoms with Gasteiger partial charge < -0.3 is 20.3 Å². The lowest BCUT2D eigenvalue weighted by Gasteiger charge is -2.22. The molecule has 79 heavy (non-hydrogen) atoms. The molecule has 0 aliphatic carbocycles. The van der Waals surface area contributed by atoms with Crippen molar-refractivity contribution >= 4 is 11.9 Å². The Morgan fingerprint density at radius 3 is 0.987 bits per heavy atom. The zero-order valence-corrected chi connectivity index (χ0v) is 53.1. The Hall–Kier alpha value is -2.18. The summed E-state index contributed by atoms with van der Waals surface area (Å²) in [6, 6.07) is -0.552. The lowest BCUT2D eigenvalue weighted by Crippen LogP contribution is -2.45. The highest BCUT2D eigenvalue weighted by molar-refractivity contribution is 5.76. The van der Waals surface area contributed by atoms with Crippen LogP contribution in [0.25, 0.3) is 0 Å². The lowest BCUT2D eigenvalue weighted by atomic mass is 10.0. The molecule has 0 fully saturated rings. The summed E-state index contributed by atoms with van der Waals surface area (Å²) in [6.07, 6.45) is 88.6. The molecular formula is C73H137NO5. The van der Waals surface area contributed by atoms with Crippen molar-refractivity contribution in [2.75, 3.05) is 13.2 Å². The van der Waals surface area contributed by atoms with Gasteiger partial charge in [0.2, 0.25) is 5.91 Å². The van der Waals surface area contributed by atoms with Gasteiger partial charge in [0.25, 0.3) is 0 Å². The molecule has 0 bridgehead atoms. The minimum absolute atomic E-state index is 0.00662. The number of carbonyl (C=O) groups is 2. The minimum atomic E-state index is -0.674. The van der Waals surface area contributed by atoms with Crippen LogP contribution in [0.4, 0.5) is 0 Å². The molecule has 0 saturated heterocycles. The number of aliphatic hydroxyl groups is 2. The smallest absolute Gasteiger partial charge is 0.305 e. The molecule has 2 unspecified atom stereocenters. The number of aliphatic hydroxyl groups excluding tert-OH is 2. The number of hydrogen-bond acceptors (Lipinski definition) is 5. The van der Waals surface area contributed by atoms with E-state index in [-0.39, 0.29) is 18.5 Å². The number of esters is 1. The molecule has 3 N–H and O–H groups in total. The molecule has 6 heteroatoms. The van der Waals surface area contributed by atoms with Crippen LogP contribution in [0.3, 0.4) is 0 Å². The first-order valence-electron chi connectivity index (χ1n) is 35.4. The Morgan fingerprint density at radius 1 is 0.354 bits per heavy atom. The van der Waals surface area contributed by atoms with Crippen molar-refractivity contribution in [3.63, 3.8) is 0 Å². The summed E-state index contributed by atoms with van der Waals surface area (Å²) in [5.41, 5.74) is 0. The molecule has 0 saturated carbocycles. The van der Waals surface area contributed by atoms with Crippen LogP contribution >= 0.6 is 0 Å². The number of allylic oxidation sites excluding steroid dienone is 8. The third-order valence-electron chi connectivity index (χ3n) is 16.4. The average molecular weight is 1110 g/mol. The first-order chi connectivity index (χ1) is 39.0. The van der Waals surface area contributed by atoms with Crippen LogP contribution in [-0.2, 0) is 14.3 Å². The predicted octanol–water partition coefficient (Wildman–Crippen LogP) is 22.9. The second-order valence-corrected chi connectivity index (χ2v) is 24.2. The van der Waals surface area contributed by atoms with Gasteiger partial charge in [-0.2, -0.15) is 0 Å². The van der Waals surface area contributed by atoms with Gasteiger partial charge in [-0.1, -0.05) is 326 Å². The summed E-state index contributed by atoms with van der Waals surface area (Å²) < 4.78 is 5.48. The second-order valence-electron chi connectivity index (χ2n) is 24.2. The molecule has 1 amide bonds. The van der Waals surface area contributed by atoms with E-state index < -0.39 is 12.1 Å². The summed E-state index contributed by atoms with van der Waals surface area (Å²) in [4.78, 5) is 24.6. The topological polar surface area (TPSA) is 95.9 Å². The molecule has 0 aromatic carbocycles. The highest BCUT2D eigenvalue weighted by atomic mass is 16.5. The van der Waals surface area contributed by atoms with Crippen LogP contribution < -0.4 is 5.32 Å². The maximum Gasteiger partial charge on any atom is 0.305 e. The van der Waals surface area contributed by atoms with Gasteiger partial charge in [-0.15, -0.1) is 0 Å². The molecule has 0 aliphatic heterocycles. The van der Waals surface area contributed by atoms with Gasteiger partial charge in [0, 0.05) is 12.8 Å². The van der Waals surface area contributed by atoms with E-state index in [1.165, 1.54) is 283 Å². The summed E-state index contributed by atoms with van der Waals surface area (Å²) in [5, 5.41) is 23.4. The van der Waals surface area contributed by atoms with Gasteiger partial charge in [0.1, 0.15) is 0 Å². The number of carbonyl (C=O) groups excluding carboxylic acids is 2. The van der Waals surface area contributed by atoms with E-state index in [4.69, 9.17) is 4.74 Å². The SMILES string of the molecule is CCCCC/C=C\C/C=C\CCCCCCCC(=O)OCCCCCCCCCCC/C=C\C/C=C\CCCCCCCCCC(=O)NC(CO)C(O)CCCCCCCCCCCCCCCCCCCCCCCCCC. The van der Waals surface area contributed by atoms with Crippen molar-refractivity contribution in [3.8, 4) is 0 Å². The number of rotatable bonds is 66. The van der Waals surface area contributed by atoms with Crippen molar-refractivity contribution in [3.05, 3.63) is 48.6 Å². The van der Waals surface area contributed by atoms with E-state index in [9.17, 15) is 19.8 Å². The third kappa shape index (κ3) is 64.8. The summed E-state index contributed by atoms with van der Waals surface area (Å²) >= 11 is 0. The van der Waals surface area contributed by atoms with Crippen LogP contribution in [0.1, 0.15) is 380 Å². The van der Waals surface area contributed by atoms with Crippen LogP contribution in [-0.4, -0.2) is 47.4 Å². The van der Waals surface area contributed by atoms with E-state index in [1.807, 2.05) is 0 Å². The molecule has 0 aromatic heterocycles. The fourth-order valence-corrected chi connectivity index (χ4v) is 10.9. The van der Waals surface area contributed by atoms with Gasteiger partial charge in [0.05, 0.1) is 25.4 Å². The van der Waals surface area contributed by atoms with E-state index in [2.05, 4.69) is 67.8 Å². The van der Waals surface area contributed by atoms with Crippen LogP contribution in [0.15, 0.2) is 48.6 Å². The molecule has 2 atom stereocenters. The molecule has 0 rings (SSSR count). The van der Waals surface area contributed by atoms with E-state index in [0.717, 1.165) is 64.2 Å². The Kier molecular flexibility index (Phi) is 66.4. The average Bonchev–Trinajstić information content (AvgIpc) is 3.45. The van der Waals surface area contributed by atoms with Gasteiger partial charge in [0.15, 0.2) is 0 Å². The summed E-state index contributed by atoms with van der Waals surface area (Å²) in [7, 11) is 0. The standard InChI is InChI=1S/C73H137NO5/c1-3-5-7-9-11-13-15-17-19-20-21-22-23-25-28-31-34-38-41-45-49-53-57-61-65-71(76)70(69-75)74-72(77)66-62-58-54-50-46-42-39-35-32-29-26-24-27-30-33-36-40-44-48-52-56-60-64-68-79-73(78)67-63-59-55-51-47-43-37-18-16-14-12-10-8-6-4-2/h12,14,18,24,27,29,32,37,70-71,75-76H,3-11,13,15-17,19-23,25-26,28,30-31,33-36,38-69H2,1-2H3,(H,74,77)/b14-12-,27-24-,32-29-,37-18-. The molecule has 0 aliphatic rings. The van der Waals surface area contributed by atoms with Crippen molar-refractivity contribution in [1.29, 1.82) is 0 Å². The molecule has 6 nitrogen and oxygen atoms in total. The van der Waals surface area contributed by atoms with E-state index in [1.54, 1.807) is 0 Å². The van der Waals surface area contributed by atoms with Gasteiger partial charge in [-0.25, -0.2) is 0 Å². The largest absolute Gasteiger partial charge is 0.466 e. The maximum absolute atomic E-state index is 12.6. The van der Waals surface area contributed by atoms with Crippen molar-refractivity contribution in [2.45, 2.75) is 392 Å². The zero-order valence-electron chi connectivity index (χ0n) is 53.1. The quantitative estimate of drug-likeness (QED) is 0.0320. The molecule has 0 radical (unpaired) electrons. The van der Waals surface area contributed by atoms with E-state index in [0.29, 0.717) is 25.9 Å². The Labute approximate surface area is 493 Å². The number of unbranched alkanes of at least 4 members (excludes halogenated alkanes) is 47. The fourth-order valence-electron chi connectivity index (χ4n) is 10.9. The fraction of sp³-hybridized carbons (Fsp3) is 0.863. The molecular weight excluding hydrogens is 971 g/mol. The Bertz CT molecular complexity index is 1320. The maximum atomic E-state index is 12.6. The summed E-state index contributed by atoms with van der Waals surface area (Å²) in [6.45, 7) is 4.94. The highest BCUT2D eigenvalue weighted by Crippen LogP contribution is 2.18. The zero-order chi connectivity index (χ0) is 57.1. The lowest BCUT2D eigenvalue weighted by molar-refractivity contribution is -0.143. The van der Waals surface area contributed by atoms with Crippen molar-refractivity contribution in [2.24, 2.45) is 0 Å². The summed E-state index contributed by atoms with van der Waals surface area (Å²) in [5.74, 6) is -0.0486. The number of amides is 1. The first-order valence-corrected chi connectivity index (χ1v) is 35.4. The van der Waals surface area contributed by atoms with Gasteiger partial charge in [-0.05, 0) is 89.9 Å². The molecule has 464 valence electrons. The Morgan fingerprint density at radius 2 is 0.633 bits per heavy atom. The number of nitrogens with one attached hydrogen (secondary N) is 1. The van der Waals surface area contributed by atoms with Gasteiger partial charge in [-0.3, -0.25) is 9.59 Å². The molecule has 0 spiro atoms. The van der Waals surface area contributed by atoms with Gasteiger partial charge >= 0.3 is 5.97 Å². The Balaban J connectivity index is 3.45. The number of hydrogen-bond donors (Lipinski definition) is 3. The highest BCUT2D eigenvalue weighted by Gasteiger charge is 2.20. The molecule has 0 aromatic rings. The predicted molar refractivity (Wildman–Crippen MR) is 347 cm³/mol. The van der Waals surface area contributed by atoms with Crippen LogP contribution in [0.5, 0.6) is 0 Å². The van der Waals surface area contributed by atoms with Crippen molar-refractivity contribution < 1.29 is 24.5 Å². The molecule has 0 heterocycles. The first kappa shape index (κ1) is 76.8. The second kappa shape index (κ2) is 68.3. The minimum Gasteiger partial charge on any atom is -0.466 e. The normalized spacial score (nSPS) is 12.8. The van der Waals surface area contributed by atoms with Crippen molar-refractivity contribution in [1.82, 2.24) is 5.32 Å².